The van der Waals surface area contributed by atoms with Crippen molar-refractivity contribution in [1.82, 2.24) is 19.6 Å². The van der Waals surface area contributed by atoms with Crippen LogP contribution in [0.4, 0.5) is 0 Å². The van der Waals surface area contributed by atoms with Gasteiger partial charge in [0, 0.05) is 26.0 Å². The molecule has 1 atom stereocenters. The molecule has 2 N–H and O–H groups in total. The third-order valence-electron chi connectivity index (χ3n) is 2.56. The van der Waals surface area contributed by atoms with Crippen molar-refractivity contribution >= 4 is 10.0 Å². The van der Waals surface area contributed by atoms with Crippen LogP contribution in [0.1, 0.15) is 19.7 Å². The average Bonchev–Trinajstić information content (AvgIpc) is 2.69. The number of sulfonamides is 1. The van der Waals surface area contributed by atoms with Crippen LogP contribution in [-0.4, -0.2) is 36.3 Å². The predicted octanol–water partition coefficient (Wildman–Crippen LogP) is -0.162. The van der Waals surface area contributed by atoms with Crippen molar-refractivity contribution in [3.63, 3.8) is 0 Å². The van der Waals surface area contributed by atoms with E-state index in [0.29, 0.717) is 12.4 Å². The second kappa shape index (κ2) is 6.13. The van der Waals surface area contributed by atoms with Crippen LogP contribution in [0.2, 0.25) is 0 Å². The minimum absolute atomic E-state index is 0.225. The molecule has 0 amide bonds. The van der Waals surface area contributed by atoms with Crippen molar-refractivity contribution in [2.75, 3.05) is 13.1 Å². The van der Waals surface area contributed by atoms with E-state index in [0.717, 1.165) is 6.54 Å². The Labute approximate surface area is 102 Å². The Morgan fingerprint density at radius 2 is 2.24 bits per heavy atom. The summed E-state index contributed by atoms with van der Waals surface area (Å²) in [6.45, 7) is 5.07. The van der Waals surface area contributed by atoms with Crippen LogP contribution in [0.15, 0.2) is 12.4 Å². The standard InChI is InChI=1S/C10H20N4O2S/c1-4-11-7-9(2)17(15,16)13-8-10-12-5-6-14(10)3/h5-6,9,11,13H,4,7-8H2,1-3H3. The van der Waals surface area contributed by atoms with Crippen LogP contribution in [-0.2, 0) is 23.6 Å². The van der Waals surface area contributed by atoms with E-state index in [9.17, 15) is 8.42 Å². The zero-order valence-electron chi connectivity index (χ0n) is 10.5. The maximum absolute atomic E-state index is 11.9. The van der Waals surface area contributed by atoms with E-state index in [1.165, 1.54) is 0 Å². The van der Waals surface area contributed by atoms with Gasteiger partial charge in [-0.3, -0.25) is 0 Å². The fraction of sp³-hybridized carbons (Fsp3) is 0.700. The molecule has 0 spiro atoms. The Balaban J connectivity index is 2.52. The number of aryl methyl sites for hydroxylation is 1. The lowest BCUT2D eigenvalue weighted by molar-refractivity contribution is 0.556. The SMILES string of the molecule is CCNCC(C)S(=O)(=O)NCc1nccn1C. The fourth-order valence-electron chi connectivity index (χ4n) is 1.33. The Bertz CT molecular complexity index is 441. The Hall–Kier alpha value is -0.920. The van der Waals surface area contributed by atoms with Crippen molar-refractivity contribution in [2.45, 2.75) is 25.6 Å². The third kappa shape index (κ3) is 4.10. The van der Waals surface area contributed by atoms with Crippen LogP contribution in [0.25, 0.3) is 0 Å². The summed E-state index contributed by atoms with van der Waals surface area (Å²) in [6, 6.07) is 0. The summed E-state index contributed by atoms with van der Waals surface area (Å²) in [6.07, 6.45) is 3.43. The first-order valence-electron chi connectivity index (χ1n) is 5.62. The maximum atomic E-state index is 11.9. The molecule has 1 aromatic rings. The lowest BCUT2D eigenvalue weighted by Gasteiger charge is -2.14. The quantitative estimate of drug-likeness (QED) is 0.714. The molecule has 7 heteroatoms. The van der Waals surface area contributed by atoms with E-state index in [-0.39, 0.29) is 6.54 Å². The van der Waals surface area contributed by atoms with Gasteiger partial charge < -0.3 is 9.88 Å². The van der Waals surface area contributed by atoms with Crippen LogP contribution >= 0.6 is 0 Å². The molecule has 0 aliphatic rings. The van der Waals surface area contributed by atoms with E-state index in [1.54, 1.807) is 23.9 Å². The molecular formula is C10H20N4O2S. The molecule has 0 fully saturated rings. The number of nitrogens with one attached hydrogen (secondary N) is 2. The first-order valence-corrected chi connectivity index (χ1v) is 7.17. The van der Waals surface area contributed by atoms with Crippen LogP contribution in [0.5, 0.6) is 0 Å². The summed E-state index contributed by atoms with van der Waals surface area (Å²) >= 11 is 0. The monoisotopic (exact) mass is 260 g/mol. The van der Waals surface area contributed by atoms with Crippen molar-refractivity contribution < 1.29 is 8.42 Å². The second-order valence-electron chi connectivity index (χ2n) is 3.94. The summed E-state index contributed by atoms with van der Waals surface area (Å²) in [5.41, 5.74) is 0. The Morgan fingerprint density at radius 3 is 2.76 bits per heavy atom. The molecule has 1 heterocycles. The largest absolute Gasteiger partial charge is 0.337 e. The Morgan fingerprint density at radius 1 is 1.53 bits per heavy atom. The zero-order valence-corrected chi connectivity index (χ0v) is 11.3. The van der Waals surface area contributed by atoms with Gasteiger partial charge in [-0.15, -0.1) is 0 Å². The minimum Gasteiger partial charge on any atom is -0.337 e. The van der Waals surface area contributed by atoms with Crippen molar-refractivity contribution in [3.05, 3.63) is 18.2 Å². The summed E-state index contributed by atoms with van der Waals surface area (Å²) in [5, 5.41) is 2.56. The predicted molar refractivity (Wildman–Crippen MR) is 67.0 cm³/mol. The minimum atomic E-state index is -3.29. The van der Waals surface area contributed by atoms with Gasteiger partial charge in [-0.2, -0.15) is 0 Å². The Kier molecular flexibility index (Phi) is 5.10. The van der Waals surface area contributed by atoms with E-state index < -0.39 is 15.3 Å². The third-order valence-corrected chi connectivity index (χ3v) is 4.34. The van der Waals surface area contributed by atoms with Gasteiger partial charge >= 0.3 is 0 Å². The van der Waals surface area contributed by atoms with Crippen molar-refractivity contribution in [1.29, 1.82) is 0 Å². The molecule has 0 aliphatic heterocycles. The molecule has 6 nitrogen and oxygen atoms in total. The van der Waals surface area contributed by atoms with E-state index >= 15 is 0 Å². The number of imidazole rings is 1. The topological polar surface area (TPSA) is 76.0 Å². The number of nitrogens with zero attached hydrogens (tertiary/aromatic N) is 2. The molecule has 98 valence electrons. The first kappa shape index (κ1) is 14.1. The van der Waals surface area contributed by atoms with Gasteiger partial charge in [0.25, 0.3) is 0 Å². The van der Waals surface area contributed by atoms with Gasteiger partial charge in [-0.1, -0.05) is 6.92 Å². The second-order valence-corrected chi connectivity index (χ2v) is 6.12. The summed E-state index contributed by atoms with van der Waals surface area (Å²) in [7, 11) is -1.46. The van der Waals surface area contributed by atoms with Gasteiger partial charge in [0.1, 0.15) is 5.82 Å². The smallest absolute Gasteiger partial charge is 0.215 e. The van der Waals surface area contributed by atoms with Crippen molar-refractivity contribution in [2.24, 2.45) is 7.05 Å². The molecule has 17 heavy (non-hydrogen) atoms. The highest BCUT2D eigenvalue weighted by Crippen LogP contribution is 2.00. The van der Waals surface area contributed by atoms with E-state index in [1.807, 2.05) is 14.0 Å². The number of rotatable bonds is 7. The average molecular weight is 260 g/mol. The fourth-order valence-corrected chi connectivity index (χ4v) is 2.28. The number of hydrogen-bond donors (Lipinski definition) is 2. The van der Waals surface area contributed by atoms with Crippen molar-refractivity contribution in [3.8, 4) is 0 Å². The van der Waals surface area contributed by atoms with Crippen LogP contribution in [0.3, 0.4) is 0 Å². The summed E-state index contributed by atoms with van der Waals surface area (Å²) < 4.78 is 28.1. The molecular weight excluding hydrogens is 240 g/mol. The van der Waals surface area contributed by atoms with Gasteiger partial charge in [-0.25, -0.2) is 18.1 Å². The zero-order chi connectivity index (χ0) is 12.9. The van der Waals surface area contributed by atoms with E-state index in [4.69, 9.17) is 0 Å². The lowest BCUT2D eigenvalue weighted by atomic mass is 10.5. The van der Waals surface area contributed by atoms with Gasteiger partial charge in [0.15, 0.2) is 0 Å². The maximum Gasteiger partial charge on any atom is 0.215 e. The molecule has 0 saturated carbocycles. The van der Waals surface area contributed by atoms with Gasteiger partial charge in [-0.05, 0) is 13.5 Å². The molecule has 0 saturated heterocycles. The molecule has 0 bridgehead atoms. The highest BCUT2D eigenvalue weighted by molar-refractivity contribution is 7.90. The molecule has 0 aromatic carbocycles. The summed E-state index contributed by atoms with van der Waals surface area (Å²) in [5.74, 6) is 0.698. The molecule has 0 aliphatic carbocycles. The van der Waals surface area contributed by atoms with Crippen LogP contribution < -0.4 is 10.0 Å². The number of hydrogen-bond acceptors (Lipinski definition) is 4. The van der Waals surface area contributed by atoms with Gasteiger partial charge in [0.2, 0.25) is 10.0 Å². The lowest BCUT2D eigenvalue weighted by Crippen LogP contribution is -2.39. The first-order chi connectivity index (χ1) is 7.97. The van der Waals surface area contributed by atoms with E-state index in [2.05, 4.69) is 15.0 Å². The molecule has 1 unspecified atom stereocenters. The molecule has 1 rings (SSSR count). The van der Waals surface area contributed by atoms with Crippen LogP contribution in [0, 0.1) is 0 Å². The highest BCUT2D eigenvalue weighted by atomic mass is 32.2. The molecule has 0 radical (unpaired) electrons. The molecule has 1 aromatic heterocycles. The van der Waals surface area contributed by atoms with Gasteiger partial charge in [0.05, 0.1) is 11.8 Å². The summed E-state index contributed by atoms with van der Waals surface area (Å²) in [4.78, 5) is 4.06. The normalized spacial score (nSPS) is 13.8. The highest BCUT2D eigenvalue weighted by Gasteiger charge is 2.20. The number of aromatic nitrogens is 2.